The highest BCUT2D eigenvalue weighted by atomic mass is 32.2. The van der Waals surface area contributed by atoms with Gasteiger partial charge in [-0.2, -0.15) is 0 Å². The molecule has 4 aromatic rings. The number of carbonyl (C=O) groups excluding carboxylic acids is 1. The number of carbonyl (C=O) groups is 1. The van der Waals surface area contributed by atoms with Gasteiger partial charge in [-0.3, -0.25) is 9.36 Å². The first-order chi connectivity index (χ1) is 15.1. The van der Waals surface area contributed by atoms with E-state index in [0.29, 0.717) is 18.2 Å². The molecule has 1 N–H and O–H groups in total. The number of nitrogens with one attached hydrogen (secondary N) is 1. The molecular formula is C23H23N5O2S. The lowest BCUT2D eigenvalue weighted by Gasteiger charge is -2.08. The van der Waals surface area contributed by atoms with Crippen molar-refractivity contribution in [2.24, 2.45) is 0 Å². The Morgan fingerprint density at radius 1 is 1.10 bits per heavy atom. The Morgan fingerprint density at radius 2 is 1.94 bits per heavy atom. The van der Waals surface area contributed by atoms with E-state index in [4.69, 9.17) is 4.42 Å². The molecule has 4 rings (SSSR count). The fourth-order valence-corrected chi connectivity index (χ4v) is 4.01. The zero-order valence-electron chi connectivity index (χ0n) is 17.4. The fourth-order valence-electron chi connectivity index (χ4n) is 3.16. The lowest BCUT2D eigenvalue weighted by molar-refractivity contribution is 0.0949. The summed E-state index contributed by atoms with van der Waals surface area (Å²) < 4.78 is 7.49. The molecule has 0 aliphatic rings. The van der Waals surface area contributed by atoms with Crippen LogP contribution in [0.3, 0.4) is 0 Å². The maximum Gasteiger partial charge on any atom is 0.273 e. The number of benzene rings is 2. The highest BCUT2D eigenvalue weighted by molar-refractivity contribution is 7.98. The van der Waals surface area contributed by atoms with Gasteiger partial charge in [0.25, 0.3) is 5.91 Å². The Bertz CT molecular complexity index is 1170. The molecule has 2 heterocycles. The second kappa shape index (κ2) is 9.61. The molecule has 0 spiro atoms. The van der Waals surface area contributed by atoms with Crippen molar-refractivity contribution in [3.63, 3.8) is 0 Å². The second-order valence-corrected chi connectivity index (χ2v) is 8.05. The number of hydrogen-bond donors (Lipinski definition) is 1. The monoisotopic (exact) mass is 433 g/mol. The van der Waals surface area contributed by atoms with Gasteiger partial charge in [0.2, 0.25) is 5.89 Å². The minimum atomic E-state index is -0.241. The standard InChI is InChI=1S/C23H23N5O2S/c1-16-7-6-10-19(13-16)28-17(2)26-27-23(28)31-15-21-25-20(14-30-21)22(29)24-12-11-18-8-4-3-5-9-18/h3-10,13-14H,11-12,15H2,1-2H3,(H,24,29). The SMILES string of the molecule is Cc1cccc(-n2c(C)nnc2SCc2nc(C(=O)NCCc3ccccc3)co2)c1. The second-order valence-electron chi connectivity index (χ2n) is 7.11. The maximum absolute atomic E-state index is 12.3. The molecule has 0 aliphatic carbocycles. The molecule has 0 unspecified atom stereocenters. The van der Waals surface area contributed by atoms with Gasteiger partial charge in [0, 0.05) is 12.2 Å². The van der Waals surface area contributed by atoms with Crippen LogP contribution in [0.2, 0.25) is 0 Å². The summed E-state index contributed by atoms with van der Waals surface area (Å²) in [5.74, 6) is 1.48. The van der Waals surface area contributed by atoms with Gasteiger partial charge < -0.3 is 9.73 Å². The van der Waals surface area contributed by atoms with E-state index in [1.165, 1.54) is 23.6 Å². The first-order valence-electron chi connectivity index (χ1n) is 9.98. The van der Waals surface area contributed by atoms with E-state index in [2.05, 4.69) is 39.6 Å². The molecule has 0 saturated carbocycles. The molecule has 2 aromatic heterocycles. The molecule has 31 heavy (non-hydrogen) atoms. The summed E-state index contributed by atoms with van der Waals surface area (Å²) in [6.07, 6.45) is 2.16. The average molecular weight is 434 g/mol. The number of amides is 1. The topological polar surface area (TPSA) is 85.8 Å². The number of aryl methyl sites for hydroxylation is 2. The van der Waals surface area contributed by atoms with Crippen molar-refractivity contribution in [1.29, 1.82) is 0 Å². The smallest absolute Gasteiger partial charge is 0.273 e. The van der Waals surface area contributed by atoms with Crippen molar-refractivity contribution < 1.29 is 9.21 Å². The Morgan fingerprint density at radius 3 is 2.74 bits per heavy atom. The van der Waals surface area contributed by atoms with Crippen LogP contribution in [0.4, 0.5) is 0 Å². The van der Waals surface area contributed by atoms with Crippen LogP contribution in [0.15, 0.2) is 70.4 Å². The summed E-state index contributed by atoms with van der Waals surface area (Å²) in [5.41, 5.74) is 3.63. The molecule has 7 nitrogen and oxygen atoms in total. The molecule has 0 atom stereocenters. The summed E-state index contributed by atoms with van der Waals surface area (Å²) in [6.45, 7) is 4.51. The summed E-state index contributed by atoms with van der Waals surface area (Å²) in [7, 11) is 0. The zero-order valence-corrected chi connectivity index (χ0v) is 18.2. The van der Waals surface area contributed by atoms with Crippen molar-refractivity contribution >= 4 is 17.7 Å². The Kier molecular flexibility index (Phi) is 6.47. The van der Waals surface area contributed by atoms with E-state index in [1.807, 2.05) is 54.0 Å². The fraction of sp³-hybridized carbons (Fsp3) is 0.217. The number of aromatic nitrogens is 4. The third kappa shape index (κ3) is 5.21. The molecule has 0 saturated heterocycles. The normalized spacial score (nSPS) is 10.9. The van der Waals surface area contributed by atoms with E-state index >= 15 is 0 Å². The van der Waals surface area contributed by atoms with Gasteiger partial charge in [-0.05, 0) is 43.5 Å². The van der Waals surface area contributed by atoms with E-state index in [-0.39, 0.29) is 11.6 Å². The van der Waals surface area contributed by atoms with Crippen LogP contribution in [0.5, 0.6) is 0 Å². The molecule has 0 bridgehead atoms. The van der Waals surface area contributed by atoms with Crippen LogP contribution in [-0.4, -0.2) is 32.2 Å². The predicted octanol–water partition coefficient (Wildman–Crippen LogP) is 4.14. The molecule has 158 valence electrons. The van der Waals surface area contributed by atoms with E-state index in [0.717, 1.165) is 28.7 Å². The summed E-state index contributed by atoms with van der Waals surface area (Å²) in [5, 5.41) is 12.1. The average Bonchev–Trinajstić information content (AvgIpc) is 3.39. The van der Waals surface area contributed by atoms with Crippen molar-refractivity contribution in [2.45, 2.75) is 31.2 Å². The molecule has 1 amide bonds. The third-order valence-corrected chi connectivity index (χ3v) is 5.62. The molecule has 2 aromatic carbocycles. The molecule has 0 aliphatic heterocycles. The van der Waals surface area contributed by atoms with Crippen LogP contribution >= 0.6 is 11.8 Å². The molecular weight excluding hydrogens is 410 g/mol. The van der Waals surface area contributed by atoms with Gasteiger partial charge in [-0.1, -0.05) is 54.2 Å². The van der Waals surface area contributed by atoms with E-state index in [1.54, 1.807) is 0 Å². The summed E-state index contributed by atoms with van der Waals surface area (Å²) >= 11 is 1.46. The van der Waals surface area contributed by atoms with Gasteiger partial charge in [0.1, 0.15) is 12.1 Å². The number of hydrogen-bond acceptors (Lipinski definition) is 6. The lowest BCUT2D eigenvalue weighted by Crippen LogP contribution is -2.26. The minimum Gasteiger partial charge on any atom is -0.447 e. The van der Waals surface area contributed by atoms with Crippen molar-refractivity contribution in [3.05, 3.63) is 89.4 Å². The van der Waals surface area contributed by atoms with Gasteiger partial charge in [-0.15, -0.1) is 10.2 Å². The lowest BCUT2D eigenvalue weighted by atomic mass is 10.1. The van der Waals surface area contributed by atoms with Crippen molar-refractivity contribution in [1.82, 2.24) is 25.1 Å². The maximum atomic E-state index is 12.3. The van der Waals surface area contributed by atoms with Gasteiger partial charge in [-0.25, -0.2) is 4.98 Å². The van der Waals surface area contributed by atoms with Crippen LogP contribution in [0, 0.1) is 13.8 Å². The van der Waals surface area contributed by atoms with E-state index in [9.17, 15) is 4.79 Å². The first-order valence-corrected chi connectivity index (χ1v) is 11.0. The quantitative estimate of drug-likeness (QED) is 0.421. The number of nitrogens with zero attached hydrogens (tertiary/aromatic N) is 4. The van der Waals surface area contributed by atoms with Crippen molar-refractivity contribution in [3.8, 4) is 5.69 Å². The highest BCUT2D eigenvalue weighted by Crippen LogP contribution is 2.25. The first kappa shape index (κ1) is 20.9. The molecule has 0 radical (unpaired) electrons. The van der Waals surface area contributed by atoms with Gasteiger partial charge in [0.05, 0.1) is 5.75 Å². The van der Waals surface area contributed by atoms with E-state index < -0.39 is 0 Å². The highest BCUT2D eigenvalue weighted by Gasteiger charge is 2.15. The summed E-state index contributed by atoms with van der Waals surface area (Å²) in [4.78, 5) is 16.6. The predicted molar refractivity (Wildman–Crippen MR) is 119 cm³/mol. The van der Waals surface area contributed by atoms with Crippen LogP contribution in [-0.2, 0) is 12.2 Å². The number of oxazole rings is 1. The number of rotatable bonds is 8. The Balaban J connectivity index is 1.35. The summed E-state index contributed by atoms with van der Waals surface area (Å²) in [6, 6.07) is 18.2. The molecule has 0 fully saturated rings. The molecule has 8 heteroatoms. The zero-order chi connectivity index (χ0) is 21.6. The number of thioether (sulfide) groups is 1. The Hall–Kier alpha value is -3.39. The Labute approximate surface area is 184 Å². The minimum absolute atomic E-state index is 0.241. The van der Waals surface area contributed by atoms with Crippen LogP contribution in [0.25, 0.3) is 5.69 Å². The largest absolute Gasteiger partial charge is 0.447 e. The van der Waals surface area contributed by atoms with Crippen LogP contribution < -0.4 is 5.32 Å². The van der Waals surface area contributed by atoms with Gasteiger partial charge >= 0.3 is 0 Å². The van der Waals surface area contributed by atoms with Gasteiger partial charge in [0.15, 0.2) is 10.9 Å². The third-order valence-electron chi connectivity index (χ3n) is 4.71. The van der Waals surface area contributed by atoms with Crippen molar-refractivity contribution in [2.75, 3.05) is 6.54 Å². The van der Waals surface area contributed by atoms with Crippen LogP contribution in [0.1, 0.15) is 33.3 Å².